The lowest BCUT2D eigenvalue weighted by Crippen LogP contribution is -2.69. The summed E-state index contributed by atoms with van der Waals surface area (Å²) < 4.78 is 0. The number of nitrogens with zero attached hydrogens (tertiary/aromatic N) is 1. The molecule has 1 aliphatic heterocycles. The molecular weight excluding hydrogens is 172 g/mol. The Bertz CT molecular complexity index is 212. The molecule has 2 heteroatoms. The lowest BCUT2D eigenvalue weighted by molar-refractivity contribution is -0.124. The van der Waals surface area contributed by atoms with Crippen LogP contribution in [0, 0.1) is 11.3 Å². The van der Waals surface area contributed by atoms with Crippen molar-refractivity contribution in [3.05, 3.63) is 0 Å². The lowest BCUT2D eigenvalue weighted by Gasteiger charge is -2.62. The van der Waals surface area contributed by atoms with Crippen LogP contribution in [0.2, 0.25) is 0 Å². The molecule has 2 rings (SSSR count). The van der Waals surface area contributed by atoms with Gasteiger partial charge in [0.25, 0.3) is 0 Å². The largest absolute Gasteiger partial charge is 0.329 e. The third kappa shape index (κ3) is 1.31. The molecule has 2 aliphatic rings. The summed E-state index contributed by atoms with van der Waals surface area (Å²) in [5.74, 6) is 0.657. The van der Waals surface area contributed by atoms with Gasteiger partial charge in [-0.25, -0.2) is 0 Å². The van der Waals surface area contributed by atoms with Crippen LogP contribution >= 0.6 is 0 Å². The molecule has 1 saturated heterocycles. The van der Waals surface area contributed by atoms with E-state index < -0.39 is 0 Å². The molecule has 1 atom stereocenters. The van der Waals surface area contributed by atoms with Gasteiger partial charge in [0.05, 0.1) is 0 Å². The summed E-state index contributed by atoms with van der Waals surface area (Å²) in [6, 6.07) is 0. The molecule has 2 N–H and O–H groups in total. The van der Waals surface area contributed by atoms with Gasteiger partial charge in [-0.15, -0.1) is 0 Å². The van der Waals surface area contributed by atoms with Crippen molar-refractivity contribution < 1.29 is 0 Å². The van der Waals surface area contributed by atoms with Gasteiger partial charge in [0, 0.05) is 25.2 Å². The van der Waals surface area contributed by atoms with Crippen LogP contribution in [0.3, 0.4) is 0 Å². The summed E-state index contributed by atoms with van der Waals surface area (Å²) in [4.78, 5) is 2.61. The number of nitrogens with two attached hydrogens (primary N) is 1. The molecule has 2 fully saturated rings. The molecular formula is C12H24N2. The summed E-state index contributed by atoms with van der Waals surface area (Å²) in [7, 11) is 0. The zero-order chi connectivity index (χ0) is 10.4. The smallest absolute Gasteiger partial charge is 0.0326 e. The Balaban J connectivity index is 1.95. The van der Waals surface area contributed by atoms with Gasteiger partial charge in [0.15, 0.2) is 0 Å². The first-order valence-electron chi connectivity index (χ1n) is 5.98. The molecule has 1 aliphatic carbocycles. The second kappa shape index (κ2) is 3.21. The van der Waals surface area contributed by atoms with E-state index in [4.69, 9.17) is 5.73 Å². The minimum Gasteiger partial charge on any atom is -0.329 e. The van der Waals surface area contributed by atoms with Gasteiger partial charge in [-0.3, -0.25) is 4.90 Å². The number of likely N-dealkylation sites (tertiary alicyclic amines) is 1. The fourth-order valence-corrected chi connectivity index (χ4v) is 2.85. The van der Waals surface area contributed by atoms with Gasteiger partial charge in [0.2, 0.25) is 0 Å². The third-order valence-corrected chi connectivity index (χ3v) is 4.85. The SMILES string of the molecule is CC(C)C(C)(CN)N1CC2(CCC2)C1. The molecule has 0 radical (unpaired) electrons. The molecule has 0 aromatic carbocycles. The average Bonchev–Trinajstić information content (AvgIpc) is 1.98. The maximum absolute atomic E-state index is 5.92. The van der Waals surface area contributed by atoms with Crippen LogP contribution in [0.1, 0.15) is 40.0 Å². The quantitative estimate of drug-likeness (QED) is 0.746. The van der Waals surface area contributed by atoms with Crippen molar-refractivity contribution in [2.24, 2.45) is 17.1 Å². The van der Waals surface area contributed by atoms with Gasteiger partial charge in [-0.2, -0.15) is 0 Å². The monoisotopic (exact) mass is 196 g/mol. The van der Waals surface area contributed by atoms with E-state index in [1.807, 2.05) is 0 Å². The zero-order valence-electron chi connectivity index (χ0n) is 9.84. The normalized spacial score (nSPS) is 29.8. The van der Waals surface area contributed by atoms with Crippen molar-refractivity contribution in [1.29, 1.82) is 0 Å². The van der Waals surface area contributed by atoms with Crippen LogP contribution in [0.5, 0.6) is 0 Å². The Morgan fingerprint density at radius 2 is 1.93 bits per heavy atom. The summed E-state index contributed by atoms with van der Waals surface area (Å²) >= 11 is 0. The first kappa shape index (κ1) is 10.4. The highest BCUT2D eigenvalue weighted by Crippen LogP contribution is 2.50. The standard InChI is InChI=1S/C12H24N2/c1-10(2)11(3,7-13)14-8-12(9-14)5-4-6-12/h10H,4-9,13H2,1-3H3. The van der Waals surface area contributed by atoms with Gasteiger partial charge in [-0.05, 0) is 31.1 Å². The zero-order valence-corrected chi connectivity index (χ0v) is 9.84. The van der Waals surface area contributed by atoms with E-state index in [1.165, 1.54) is 32.4 Å². The fraction of sp³-hybridized carbons (Fsp3) is 1.00. The van der Waals surface area contributed by atoms with Gasteiger partial charge < -0.3 is 5.73 Å². The van der Waals surface area contributed by atoms with Crippen LogP contribution in [-0.4, -0.2) is 30.1 Å². The number of hydrogen-bond donors (Lipinski definition) is 1. The van der Waals surface area contributed by atoms with Crippen LogP contribution in [-0.2, 0) is 0 Å². The fourth-order valence-electron chi connectivity index (χ4n) is 2.85. The minimum atomic E-state index is 0.237. The van der Waals surface area contributed by atoms with Crippen LogP contribution in [0.25, 0.3) is 0 Å². The first-order valence-corrected chi connectivity index (χ1v) is 5.98. The van der Waals surface area contributed by atoms with Crippen LogP contribution < -0.4 is 5.73 Å². The predicted molar refractivity (Wildman–Crippen MR) is 60.2 cm³/mol. The Morgan fingerprint density at radius 3 is 2.21 bits per heavy atom. The Hall–Kier alpha value is -0.0800. The number of rotatable bonds is 3. The first-order chi connectivity index (χ1) is 6.52. The second-order valence-corrected chi connectivity index (χ2v) is 5.93. The van der Waals surface area contributed by atoms with E-state index in [1.54, 1.807) is 0 Å². The molecule has 0 aromatic heterocycles. The molecule has 1 unspecified atom stereocenters. The third-order valence-electron chi connectivity index (χ3n) is 4.85. The summed E-state index contributed by atoms with van der Waals surface area (Å²) in [6.07, 6.45) is 4.37. The molecule has 1 saturated carbocycles. The highest BCUT2D eigenvalue weighted by atomic mass is 15.3. The maximum Gasteiger partial charge on any atom is 0.0326 e. The van der Waals surface area contributed by atoms with E-state index >= 15 is 0 Å². The van der Waals surface area contributed by atoms with Crippen LogP contribution in [0.15, 0.2) is 0 Å². The van der Waals surface area contributed by atoms with Crippen molar-refractivity contribution in [1.82, 2.24) is 4.90 Å². The van der Waals surface area contributed by atoms with Gasteiger partial charge in [0.1, 0.15) is 0 Å². The highest BCUT2D eigenvalue weighted by Gasteiger charge is 2.52. The van der Waals surface area contributed by atoms with E-state index in [-0.39, 0.29) is 5.54 Å². The van der Waals surface area contributed by atoms with Gasteiger partial charge >= 0.3 is 0 Å². The van der Waals surface area contributed by atoms with Crippen molar-refractivity contribution in [3.63, 3.8) is 0 Å². The van der Waals surface area contributed by atoms with E-state index in [0.29, 0.717) is 5.92 Å². The lowest BCUT2D eigenvalue weighted by atomic mass is 9.61. The maximum atomic E-state index is 5.92. The van der Waals surface area contributed by atoms with Crippen molar-refractivity contribution in [2.45, 2.75) is 45.6 Å². The molecule has 14 heavy (non-hydrogen) atoms. The molecule has 0 bridgehead atoms. The van der Waals surface area contributed by atoms with E-state index in [9.17, 15) is 0 Å². The van der Waals surface area contributed by atoms with Crippen molar-refractivity contribution in [2.75, 3.05) is 19.6 Å². The molecule has 82 valence electrons. The summed E-state index contributed by atoms with van der Waals surface area (Å²) in [6.45, 7) is 10.3. The Kier molecular flexibility index (Phi) is 2.39. The number of hydrogen-bond acceptors (Lipinski definition) is 2. The van der Waals surface area contributed by atoms with Crippen LogP contribution in [0.4, 0.5) is 0 Å². The Labute approximate surface area is 87.8 Å². The average molecular weight is 196 g/mol. The van der Waals surface area contributed by atoms with Crippen molar-refractivity contribution in [3.8, 4) is 0 Å². The summed E-state index contributed by atoms with van der Waals surface area (Å²) in [5.41, 5.74) is 6.89. The van der Waals surface area contributed by atoms with Gasteiger partial charge in [-0.1, -0.05) is 20.3 Å². The van der Waals surface area contributed by atoms with E-state index in [2.05, 4.69) is 25.7 Å². The predicted octanol–water partition coefficient (Wildman–Crippen LogP) is 1.85. The van der Waals surface area contributed by atoms with E-state index in [0.717, 1.165) is 12.0 Å². The molecule has 1 spiro atoms. The second-order valence-electron chi connectivity index (χ2n) is 5.93. The Morgan fingerprint density at radius 1 is 1.36 bits per heavy atom. The van der Waals surface area contributed by atoms with Crippen molar-refractivity contribution >= 4 is 0 Å². The molecule has 1 heterocycles. The highest BCUT2D eigenvalue weighted by molar-refractivity contribution is 5.06. The molecule has 0 amide bonds. The topological polar surface area (TPSA) is 29.3 Å². The molecule has 0 aromatic rings. The minimum absolute atomic E-state index is 0.237. The summed E-state index contributed by atoms with van der Waals surface area (Å²) in [5, 5.41) is 0. The molecule has 2 nitrogen and oxygen atoms in total.